The average Bonchev–Trinajstić information content (AvgIpc) is 3.42. The van der Waals surface area contributed by atoms with Crippen LogP contribution in [0.5, 0.6) is 0 Å². The van der Waals surface area contributed by atoms with Crippen LogP contribution in [0, 0.1) is 23.2 Å². The molecule has 0 aromatic heterocycles. The molecule has 12 heteroatoms. The number of carbonyl (C=O) groups excluding carboxylic acids is 2. The zero-order valence-corrected chi connectivity index (χ0v) is 33.3. The summed E-state index contributed by atoms with van der Waals surface area (Å²) in [5.74, 6) is -1.70. The molecule has 1 N–H and O–H groups in total. The van der Waals surface area contributed by atoms with E-state index in [0.717, 1.165) is 32.5 Å². The monoisotopic (exact) mass is 712 g/mol. The molecule has 4 saturated heterocycles. The Labute approximate surface area is 301 Å². The third-order valence-corrected chi connectivity index (χ3v) is 12.2. The number of rotatable bonds is 7. The molecule has 4 rings (SSSR count). The third-order valence-electron chi connectivity index (χ3n) is 12.2. The second kappa shape index (κ2) is 16.4. The number of Topliss-reactive ketones (excluding diaryl/α,β-unsaturated/α-hetero) is 1. The third kappa shape index (κ3) is 9.28. The number of ether oxygens (including phenoxy) is 6. The Balaban J connectivity index is 1.56. The van der Waals surface area contributed by atoms with Gasteiger partial charge in [-0.3, -0.25) is 19.4 Å². The minimum Gasteiger partial charge on any atom is -0.463 e. The summed E-state index contributed by atoms with van der Waals surface area (Å²) in [5.41, 5.74) is -2.36. The first-order chi connectivity index (χ1) is 23.2. The SMILES string of the molecule is CO[C@]1(C)C[C@@H](C)CN(C)[C@@H](C2CCN(C(C)[C@H]3COC(C)(C)O3)CC2)COC(=O)C(C)(C)C(=O)[C@H](C)[C@H]1OC1O[C@H](C)C[C@H](N(C)C)[C@H]1O. The fraction of sp³-hybridized carbons (Fsp3) is 0.947. The van der Waals surface area contributed by atoms with E-state index in [2.05, 4.69) is 30.7 Å². The van der Waals surface area contributed by atoms with Crippen LogP contribution >= 0.6 is 0 Å². The number of hydrogen-bond acceptors (Lipinski definition) is 12. The van der Waals surface area contributed by atoms with Gasteiger partial charge in [0, 0.05) is 37.7 Å². The van der Waals surface area contributed by atoms with Gasteiger partial charge in [0.25, 0.3) is 0 Å². The second-order valence-corrected chi connectivity index (χ2v) is 17.3. The Kier molecular flexibility index (Phi) is 13.6. The molecule has 0 bridgehead atoms. The maximum absolute atomic E-state index is 14.3. The molecule has 0 aromatic rings. The number of likely N-dealkylation sites (N-methyl/N-ethyl adjacent to an activating group) is 2. The highest BCUT2D eigenvalue weighted by atomic mass is 16.7. The van der Waals surface area contributed by atoms with Crippen molar-refractivity contribution >= 4 is 11.8 Å². The van der Waals surface area contributed by atoms with Crippen molar-refractivity contribution in [1.82, 2.24) is 14.7 Å². The minimum atomic E-state index is -1.43. The molecule has 4 aliphatic heterocycles. The molecule has 0 aliphatic carbocycles. The van der Waals surface area contributed by atoms with E-state index in [0.29, 0.717) is 25.4 Å². The minimum absolute atomic E-state index is 0.0102. The molecule has 12 nitrogen and oxygen atoms in total. The van der Waals surface area contributed by atoms with Crippen molar-refractivity contribution in [2.24, 2.45) is 23.2 Å². The van der Waals surface area contributed by atoms with Crippen LogP contribution in [0.2, 0.25) is 0 Å². The van der Waals surface area contributed by atoms with E-state index >= 15 is 0 Å². The lowest BCUT2D eigenvalue weighted by molar-refractivity contribution is -0.295. The van der Waals surface area contributed by atoms with Crippen molar-refractivity contribution in [1.29, 1.82) is 0 Å². The van der Waals surface area contributed by atoms with E-state index in [9.17, 15) is 14.7 Å². The van der Waals surface area contributed by atoms with Gasteiger partial charge in [-0.2, -0.15) is 0 Å². The summed E-state index contributed by atoms with van der Waals surface area (Å²) >= 11 is 0. The van der Waals surface area contributed by atoms with E-state index in [1.165, 1.54) is 0 Å². The Morgan fingerprint density at radius 1 is 1.02 bits per heavy atom. The predicted molar refractivity (Wildman–Crippen MR) is 190 cm³/mol. The van der Waals surface area contributed by atoms with E-state index in [-0.39, 0.29) is 48.6 Å². The molecule has 0 saturated carbocycles. The molecule has 4 aliphatic rings. The highest BCUT2D eigenvalue weighted by Gasteiger charge is 2.52. The van der Waals surface area contributed by atoms with Gasteiger partial charge in [-0.1, -0.05) is 13.8 Å². The standard InChI is InChI=1S/C38H69N3O9/c1-23-19-38(9,45-13)33(49-34-31(42)28(39(10)11)18-24(2)48-34)25(3)32(43)36(5,6)35(44)46-21-29(40(12)20-23)27-14-16-41(17-15-27)26(4)30-22-47-37(7,8)50-30/h23-31,33-34,42H,14-22H2,1-13H3/t23-,24-,25+,26?,28+,29-,30-,31-,33-,34?,38-/m1/s1. The van der Waals surface area contributed by atoms with Gasteiger partial charge in [0.2, 0.25) is 0 Å². The van der Waals surface area contributed by atoms with Crippen molar-refractivity contribution in [3.63, 3.8) is 0 Å². The van der Waals surface area contributed by atoms with Crippen LogP contribution in [0.3, 0.4) is 0 Å². The molecule has 4 heterocycles. The van der Waals surface area contributed by atoms with Crippen LogP contribution in [-0.2, 0) is 38.0 Å². The largest absolute Gasteiger partial charge is 0.463 e. The number of aliphatic hydroxyl groups is 1. The lowest BCUT2D eigenvalue weighted by Crippen LogP contribution is -2.59. The molecule has 290 valence electrons. The zero-order chi connectivity index (χ0) is 37.3. The first-order valence-corrected chi connectivity index (χ1v) is 18.9. The van der Waals surface area contributed by atoms with Crippen LogP contribution in [0.1, 0.15) is 88.0 Å². The van der Waals surface area contributed by atoms with Crippen molar-refractivity contribution in [3.8, 4) is 0 Å². The quantitative estimate of drug-likeness (QED) is 0.307. The number of likely N-dealkylation sites (tertiary alicyclic amines) is 1. The number of piperidine rings is 1. The van der Waals surface area contributed by atoms with Gasteiger partial charge in [-0.15, -0.1) is 0 Å². The summed E-state index contributed by atoms with van der Waals surface area (Å²) in [6.07, 6.45) is 0.323. The molecule has 4 fully saturated rings. The molecular weight excluding hydrogens is 642 g/mol. The van der Waals surface area contributed by atoms with E-state index in [1.54, 1.807) is 27.9 Å². The van der Waals surface area contributed by atoms with Crippen molar-refractivity contribution in [3.05, 3.63) is 0 Å². The van der Waals surface area contributed by atoms with Gasteiger partial charge in [0.1, 0.15) is 18.1 Å². The van der Waals surface area contributed by atoms with Crippen LogP contribution in [0.4, 0.5) is 0 Å². The molecule has 0 amide bonds. The number of nitrogens with zero attached hydrogens (tertiary/aromatic N) is 3. The first kappa shape index (κ1) is 41.5. The second-order valence-electron chi connectivity index (χ2n) is 17.3. The lowest BCUT2D eigenvalue weighted by atomic mass is 9.74. The first-order valence-electron chi connectivity index (χ1n) is 18.9. The molecule has 0 aromatic carbocycles. The summed E-state index contributed by atoms with van der Waals surface area (Å²) in [4.78, 5) is 35.0. The van der Waals surface area contributed by atoms with Crippen LogP contribution in [0.25, 0.3) is 0 Å². The average molecular weight is 712 g/mol. The maximum Gasteiger partial charge on any atom is 0.319 e. The lowest BCUT2D eigenvalue weighted by Gasteiger charge is -2.47. The van der Waals surface area contributed by atoms with E-state index < -0.39 is 47.2 Å². The summed E-state index contributed by atoms with van der Waals surface area (Å²) in [6.45, 7) is 20.7. The number of cyclic esters (lactones) is 1. The number of esters is 1. The van der Waals surface area contributed by atoms with Gasteiger partial charge in [0.15, 0.2) is 17.9 Å². The van der Waals surface area contributed by atoms with Crippen molar-refractivity contribution in [2.45, 2.75) is 148 Å². The number of hydrogen-bond donors (Lipinski definition) is 1. The predicted octanol–water partition coefficient (Wildman–Crippen LogP) is 3.57. The fourth-order valence-electron chi connectivity index (χ4n) is 8.96. The van der Waals surface area contributed by atoms with Gasteiger partial charge in [-0.05, 0) is 120 Å². The van der Waals surface area contributed by atoms with Crippen molar-refractivity contribution < 1.29 is 43.1 Å². The number of methoxy groups -OCH3 is 1. The molecule has 0 radical (unpaired) electrons. The van der Waals surface area contributed by atoms with E-state index in [1.807, 2.05) is 46.7 Å². The van der Waals surface area contributed by atoms with Gasteiger partial charge < -0.3 is 38.4 Å². The normalized spacial score (nSPS) is 40.9. The van der Waals surface area contributed by atoms with Gasteiger partial charge in [-0.25, -0.2) is 0 Å². The Hall–Kier alpha value is -1.22. The molecule has 0 spiro atoms. The molecular formula is C38H69N3O9. The highest BCUT2D eigenvalue weighted by Crippen LogP contribution is 2.39. The topological polar surface area (TPSA) is 119 Å². The van der Waals surface area contributed by atoms with E-state index in [4.69, 9.17) is 28.4 Å². The fourth-order valence-corrected chi connectivity index (χ4v) is 8.96. The Bertz CT molecular complexity index is 1140. The van der Waals surface area contributed by atoms with Crippen LogP contribution in [0.15, 0.2) is 0 Å². The number of carbonyl (C=O) groups is 2. The highest BCUT2D eigenvalue weighted by molar-refractivity contribution is 6.04. The summed E-state index contributed by atoms with van der Waals surface area (Å²) in [7, 11) is 7.62. The van der Waals surface area contributed by atoms with Crippen LogP contribution < -0.4 is 0 Å². The summed E-state index contributed by atoms with van der Waals surface area (Å²) < 4.78 is 37.2. The van der Waals surface area contributed by atoms with Crippen LogP contribution in [-0.4, -0.2) is 153 Å². The smallest absolute Gasteiger partial charge is 0.319 e. The van der Waals surface area contributed by atoms with Gasteiger partial charge in [0.05, 0.1) is 30.5 Å². The maximum atomic E-state index is 14.3. The van der Waals surface area contributed by atoms with Crippen molar-refractivity contribution in [2.75, 3.05) is 61.1 Å². The van der Waals surface area contributed by atoms with Gasteiger partial charge >= 0.3 is 5.97 Å². The number of ketones is 1. The molecule has 50 heavy (non-hydrogen) atoms. The number of aliphatic hydroxyl groups excluding tert-OH is 1. The Morgan fingerprint density at radius 3 is 2.22 bits per heavy atom. The molecule has 2 unspecified atom stereocenters. The molecule has 11 atom stereocenters. The summed E-state index contributed by atoms with van der Waals surface area (Å²) in [6, 6.07) is 0.0479. The Morgan fingerprint density at radius 2 is 1.66 bits per heavy atom. The summed E-state index contributed by atoms with van der Waals surface area (Å²) in [5, 5.41) is 11.4. The zero-order valence-electron chi connectivity index (χ0n) is 33.3.